The Labute approximate surface area is 161 Å². The van der Waals surface area contributed by atoms with E-state index in [1.165, 1.54) is 0 Å². The molecular formula is C20H21N7O. The SMILES string of the molecule is Cc1ncc2n1CCC(C(=O)Nc1[nH]nc3c1c(-c1ccccc1)nn3C)C2. The Kier molecular flexibility index (Phi) is 3.78. The van der Waals surface area contributed by atoms with Crippen LogP contribution in [0.5, 0.6) is 0 Å². The molecule has 0 spiro atoms. The van der Waals surface area contributed by atoms with Crippen LogP contribution in [0.3, 0.4) is 0 Å². The van der Waals surface area contributed by atoms with Crippen LogP contribution < -0.4 is 5.32 Å². The second kappa shape index (κ2) is 6.33. The summed E-state index contributed by atoms with van der Waals surface area (Å²) in [5.41, 5.74) is 3.62. The smallest absolute Gasteiger partial charge is 0.229 e. The summed E-state index contributed by atoms with van der Waals surface area (Å²) in [6, 6.07) is 9.93. The molecule has 1 amide bonds. The summed E-state index contributed by atoms with van der Waals surface area (Å²) in [6.45, 7) is 2.82. The van der Waals surface area contributed by atoms with Gasteiger partial charge < -0.3 is 9.88 Å². The molecule has 0 saturated heterocycles. The summed E-state index contributed by atoms with van der Waals surface area (Å²) in [6.07, 6.45) is 3.37. The number of H-pyrrole nitrogens is 1. The van der Waals surface area contributed by atoms with Gasteiger partial charge >= 0.3 is 0 Å². The standard InChI is InChI=1S/C20H21N7O/c1-12-21-11-15-10-14(8-9-27(12)15)20(28)22-18-16-17(13-6-4-3-5-7-13)25-26(2)19(16)24-23-18/h3-7,11,14H,8-10H2,1-2H3,(H2,22,23,24,28). The summed E-state index contributed by atoms with van der Waals surface area (Å²) in [5.74, 6) is 1.52. The number of benzene rings is 1. The topological polar surface area (TPSA) is 93.4 Å². The lowest BCUT2D eigenvalue weighted by Crippen LogP contribution is -2.30. The van der Waals surface area contributed by atoms with E-state index in [1.54, 1.807) is 4.68 Å². The van der Waals surface area contributed by atoms with Crippen LogP contribution in [0.1, 0.15) is 17.9 Å². The van der Waals surface area contributed by atoms with Crippen LogP contribution in [0.25, 0.3) is 22.3 Å². The molecule has 4 aromatic rings. The monoisotopic (exact) mass is 375 g/mol. The second-order valence-electron chi connectivity index (χ2n) is 7.26. The highest BCUT2D eigenvalue weighted by Crippen LogP contribution is 2.32. The van der Waals surface area contributed by atoms with Crippen LogP contribution in [-0.4, -0.2) is 35.4 Å². The molecule has 0 aliphatic carbocycles. The average molecular weight is 375 g/mol. The van der Waals surface area contributed by atoms with Crippen LogP contribution >= 0.6 is 0 Å². The van der Waals surface area contributed by atoms with E-state index in [9.17, 15) is 4.79 Å². The van der Waals surface area contributed by atoms with Crippen molar-refractivity contribution < 1.29 is 4.79 Å². The summed E-state index contributed by atoms with van der Waals surface area (Å²) in [7, 11) is 1.85. The Morgan fingerprint density at radius 3 is 2.93 bits per heavy atom. The molecular weight excluding hydrogens is 354 g/mol. The molecule has 0 saturated carbocycles. The molecule has 0 radical (unpaired) electrons. The van der Waals surface area contributed by atoms with Crippen molar-refractivity contribution in [1.82, 2.24) is 29.5 Å². The van der Waals surface area contributed by atoms with Gasteiger partial charge in [0.25, 0.3) is 0 Å². The molecule has 142 valence electrons. The van der Waals surface area contributed by atoms with Gasteiger partial charge in [-0.05, 0) is 13.3 Å². The minimum atomic E-state index is -0.0844. The Bertz CT molecular complexity index is 1170. The van der Waals surface area contributed by atoms with E-state index in [-0.39, 0.29) is 11.8 Å². The number of anilines is 1. The highest BCUT2D eigenvalue weighted by Gasteiger charge is 2.27. The van der Waals surface area contributed by atoms with E-state index < -0.39 is 0 Å². The molecule has 0 fully saturated rings. The molecule has 1 aliphatic heterocycles. The molecule has 1 unspecified atom stereocenters. The third-order valence-electron chi connectivity index (χ3n) is 5.50. The van der Waals surface area contributed by atoms with E-state index in [1.807, 2.05) is 50.5 Å². The molecule has 8 nitrogen and oxygen atoms in total. The minimum Gasteiger partial charge on any atom is -0.332 e. The van der Waals surface area contributed by atoms with Crippen LogP contribution in [0, 0.1) is 12.8 Å². The second-order valence-corrected chi connectivity index (χ2v) is 7.26. The summed E-state index contributed by atoms with van der Waals surface area (Å²) in [5, 5.41) is 15.8. The third-order valence-corrected chi connectivity index (χ3v) is 5.50. The number of hydrogen-bond acceptors (Lipinski definition) is 4. The fraction of sp³-hybridized carbons (Fsp3) is 0.300. The summed E-state index contributed by atoms with van der Waals surface area (Å²) in [4.78, 5) is 17.3. The zero-order valence-corrected chi connectivity index (χ0v) is 15.8. The van der Waals surface area contributed by atoms with Crippen molar-refractivity contribution in [2.75, 3.05) is 5.32 Å². The lowest BCUT2D eigenvalue weighted by Gasteiger charge is -2.23. The molecule has 4 heterocycles. The lowest BCUT2D eigenvalue weighted by atomic mass is 9.95. The third kappa shape index (κ3) is 2.60. The number of aromatic amines is 1. The zero-order chi connectivity index (χ0) is 19.3. The summed E-state index contributed by atoms with van der Waals surface area (Å²) >= 11 is 0. The van der Waals surface area contributed by atoms with Gasteiger partial charge in [-0.25, -0.2) is 9.67 Å². The van der Waals surface area contributed by atoms with Crippen molar-refractivity contribution in [3.8, 4) is 11.3 Å². The van der Waals surface area contributed by atoms with Gasteiger partial charge in [-0.1, -0.05) is 30.3 Å². The molecule has 1 atom stereocenters. The molecule has 2 N–H and O–H groups in total. The van der Waals surface area contributed by atoms with E-state index >= 15 is 0 Å². The van der Waals surface area contributed by atoms with Crippen LogP contribution in [0.4, 0.5) is 5.82 Å². The summed E-state index contributed by atoms with van der Waals surface area (Å²) < 4.78 is 3.92. The Morgan fingerprint density at radius 2 is 2.11 bits per heavy atom. The van der Waals surface area contributed by atoms with Crippen LogP contribution in [0.2, 0.25) is 0 Å². The fourth-order valence-corrected chi connectivity index (χ4v) is 4.00. The van der Waals surface area contributed by atoms with Crippen molar-refractivity contribution in [2.45, 2.75) is 26.3 Å². The first-order valence-corrected chi connectivity index (χ1v) is 9.40. The van der Waals surface area contributed by atoms with Gasteiger partial charge in [-0.2, -0.15) is 10.2 Å². The number of fused-ring (bicyclic) bond motifs is 2. The molecule has 1 aliphatic rings. The predicted molar refractivity (Wildman–Crippen MR) is 106 cm³/mol. The molecule has 5 rings (SSSR count). The zero-order valence-electron chi connectivity index (χ0n) is 15.8. The van der Waals surface area contributed by atoms with Crippen molar-refractivity contribution in [3.63, 3.8) is 0 Å². The maximum absolute atomic E-state index is 13.0. The lowest BCUT2D eigenvalue weighted by molar-refractivity contribution is -0.120. The molecule has 3 aromatic heterocycles. The number of carbonyl (C=O) groups is 1. The number of hydrogen-bond donors (Lipinski definition) is 2. The van der Waals surface area contributed by atoms with E-state index in [4.69, 9.17) is 0 Å². The molecule has 28 heavy (non-hydrogen) atoms. The van der Waals surface area contributed by atoms with E-state index in [0.717, 1.165) is 41.1 Å². The van der Waals surface area contributed by atoms with Gasteiger partial charge in [-0.15, -0.1) is 0 Å². The highest BCUT2D eigenvalue weighted by molar-refractivity contribution is 6.05. The maximum atomic E-state index is 13.0. The largest absolute Gasteiger partial charge is 0.332 e. The number of rotatable bonds is 3. The molecule has 0 bridgehead atoms. The fourth-order valence-electron chi connectivity index (χ4n) is 4.00. The van der Waals surface area contributed by atoms with Crippen LogP contribution in [0.15, 0.2) is 36.5 Å². The highest BCUT2D eigenvalue weighted by atomic mass is 16.2. The Hall–Kier alpha value is -3.42. The predicted octanol–water partition coefficient (Wildman–Crippen LogP) is 2.67. The first kappa shape index (κ1) is 16.7. The van der Waals surface area contributed by atoms with Gasteiger partial charge in [0.05, 0.1) is 5.39 Å². The van der Waals surface area contributed by atoms with Crippen molar-refractivity contribution in [2.24, 2.45) is 13.0 Å². The van der Waals surface area contributed by atoms with Gasteiger partial charge in [0.2, 0.25) is 5.91 Å². The Morgan fingerprint density at radius 1 is 1.29 bits per heavy atom. The number of aromatic nitrogens is 6. The number of carbonyl (C=O) groups excluding carboxylic acids is 1. The maximum Gasteiger partial charge on any atom is 0.229 e. The quantitative estimate of drug-likeness (QED) is 0.576. The number of imidazole rings is 1. The van der Waals surface area contributed by atoms with Gasteiger partial charge in [0, 0.05) is 43.4 Å². The van der Waals surface area contributed by atoms with Gasteiger partial charge in [0.1, 0.15) is 17.3 Å². The van der Waals surface area contributed by atoms with Gasteiger partial charge in [-0.3, -0.25) is 9.89 Å². The number of aryl methyl sites for hydroxylation is 2. The first-order valence-electron chi connectivity index (χ1n) is 9.40. The number of nitrogens with zero attached hydrogens (tertiary/aromatic N) is 5. The molecule has 8 heteroatoms. The van der Waals surface area contributed by atoms with Crippen molar-refractivity contribution in [3.05, 3.63) is 48.0 Å². The van der Waals surface area contributed by atoms with E-state index in [2.05, 4.69) is 30.2 Å². The van der Waals surface area contributed by atoms with Crippen molar-refractivity contribution >= 4 is 22.8 Å². The van der Waals surface area contributed by atoms with Crippen molar-refractivity contribution in [1.29, 1.82) is 0 Å². The minimum absolute atomic E-state index is 0.00137. The first-order chi connectivity index (χ1) is 13.6. The number of nitrogens with one attached hydrogen (secondary N) is 2. The average Bonchev–Trinajstić information content (AvgIpc) is 3.39. The van der Waals surface area contributed by atoms with Crippen LogP contribution in [-0.2, 0) is 24.8 Å². The van der Waals surface area contributed by atoms with Gasteiger partial charge in [0.15, 0.2) is 5.65 Å². The normalized spacial score (nSPS) is 16.3. The van der Waals surface area contributed by atoms with E-state index in [0.29, 0.717) is 17.9 Å². The Balaban J connectivity index is 1.45. The molecule has 1 aromatic carbocycles. The number of amides is 1.